The van der Waals surface area contributed by atoms with Crippen LogP contribution in [0.4, 0.5) is 0 Å². The molecule has 0 aromatic heterocycles. The lowest BCUT2D eigenvalue weighted by molar-refractivity contribution is 0.548. The molecule has 0 bridgehead atoms. The van der Waals surface area contributed by atoms with Crippen LogP contribution < -0.4 is 5.32 Å². The van der Waals surface area contributed by atoms with Crippen LogP contribution in [0, 0.1) is 11.3 Å². The number of nitrogens with zero attached hydrogens (tertiary/aromatic N) is 1. The molecule has 1 unspecified atom stereocenters. The SMILES string of the molecule is CC(C)NCCCC(C#N)c1ccc(Cl)cc1-c1ccccc1. The van der Waals surface area contributed by atoms with E-state index in [4.69, 9.17) is 11.6 Å². The summed E-state index contributed by atoms with van der Waals surface area (Å²) >= 11 is 6.18. The van der Waals surface area contributed by atoms with Crippen LogP contribution in [0.15, 0.2) is 48.5 Å². The lowest BCUT2D eigenvalue weighted by atomic mass is 9.88. The summed E-state index contributed by atoms with van der Waals surface area (Å²) in [6.45, 7) is 5.20. The molecule has 2 aromatic carbocycles. The molecule has 0 fully saturated rings. The molecule has 1 N–H and O–H groups in total. The van der Waals surface area contributed by atoms with Gasteiger partial charge in [-0.2, -0.15) is 5.26 Å². The minimum Gasteiger partial charge on any atom is -0.315 e. The Hall–Kier alpha value is -1.82. The Morgan fingerprint density at radius 1 is 1.13 bits per heavy atom. The molecular formula is C20H23ClN2. The van der Waals surface area contributed by atoms with Gasteiger partial charge in [-0.1, -0.05) is 61.8 Å². The number of benzene rings is 2. The van der Waals surface area contributed by atoms with Crippen LogP contribution in [0.1, 0.15) is 38.2 Å². The molecule has 0 amide bonds. The number of nitrogens with one attached hydrogen (secondary N) is 1. The molecule has 2 nitrogen and oxygen atoms in total. The van der Waals surface area contributed by atoms with Gasteiger partial charge in [0.25, 0.3) is 0 Å². The molecule has 1 atom stereocenters. The number of halogens is 1. The zero-order valence-electron chi connectivity index (χ0n) is 13.7. The van der Waals surface area contributed by atoms with E-state index in [-0.39, 0.29) is 5.92 Å². The second-order valence-electron chi connectivity index (χ2n) is 6.03. The second-order valence-corrected chi connectivity index (χ2v) is 6.47. The summed E-state index contributed by atoms with van der Waals surface area (Å²) in [6, 6.07) is 18.9. The molecule has 0 saturated carbocycles. The van der Waals surface area contributed by atoms with Crippen molar-refractivity contribution in [1.82, 2.24) is 5.32 Å². The number of rotatable bonds is 7. The van der Waals surface area contributed by atoms with Crippen molar-refractivity contribution < 1.29 is 0 Å². The van der Waals surface area contributed by atoms with E-state index in [2.05, 4.69) is 37.4 Å². The van der Waals surface area contributed by atoms with Crippen LogP contribution in [0.25, 0.3) is 11.1 Å². The molecule has 23 heavy (non-hydrogen) atoms. The molecule has 2 aromatic rings. The molecule has 0 spiro atoms. The third kappa shape index (κ3) is 5.10. The van der Waals surface area contributed by atoms with Gasteiger partial charge in [0.2, 0.25) is 0 Å². The quantitative estimate of drug-likeness (QED) is 0.692. The first-order chi connectivity index (χ1) is 11.1. The predicted octanol–water partition coefficient (Wildman–Crippen LogP) is 5.39. The summed E-state index contributed by atoms with van der Waals surface area (Å²) in [5.41, 5.74) is 3.22. The molecule has 0 saturated heterocycles. The highest BCUT2D eigenvalue weighted by Crippen LogP contribution is 2.33. The van der Waals surface area contributed by atoms with Crippen molar-refractivity contribution in [3.63, 3.8) is 0 Å². The fraction of sp³-hybridized carbons (Fsp3) is 0.350. The highest BCUT2D eigenvalue weighted by atomic mass is 35.5. The van der Waals surface area contributed by atoms with Crippen molar-refractivity contribution in [1.29, 1.82) is 5.26 Å². The highest BCUT2D eigenvalue weighted by molar-refractivity contribution is 6.30. The second kappa shape index (κ2) is 8.72. The molecule has 0 heterocycles. The van der Waals surface area contributed by atoms with E-state index < -0.39 is 0 Å². The van der Waals surface area contributed by atoms with Gasteiger partial charge in [0, 0.05) is 11.1 Å². The van der Waals surface area contributed by atoms with Crippen LogP contribution in [0.3, 0.4) is 0 Å². The average Bonchev–Trinajstić information content (AvgIpc) is 2.56. The third-order valence-corrected chi connectivity index (χ3v) is 4.09. The maximum absolute atomic E-state index is 9.63. The molecule has 120 valence electrons. The topological polar surface area (TPSA) is 35.8 Å². The molecule has 0 radical (unpaired) electrons. The van der Waals surface area contributed by atoms with Crippen LogP contribution >= 0.6 is 11.6 Å². The zero-order chi connectivity index (χ0) is 16.7. The van der Waals surface area contributed by atoms with Gasteiger partial charge in [-0.3, -0.25) is 0 Å². The van der Waals surface area contributed by atoms with Crippen molar-refractivity contribution >= 4 is 11.6 Å². The number of nitriles is 1. The normalized spacial score (nSPS) is 12.1. The fourth-order valence-corrected chi connectivity index (χ4v) is 2.86. The van der Waals surface area contributed by atoms with Gasteiger partial charge in [0.1, 0.15) is 0 Å². The maximum atomic E-state index is 9.63. The van der Waals surface area contributed by atoms with E-state index in [1.54, 1.807) is 0 Å². The Bertz CT molecular complexity index is 659. The Balaban J connectivity index is 2.22. The van der Waals surface area contributed by atoms with E-state index in [9.17, 15) is 5.26 Å². The van der Waals surface area contributed by atoms with Gasteiger partial charge < -0.3 is 5.32 Å². The molecule has 3 heteroatoms. The highest BCUT2D eigenvalue weighted by Gasteiger charge is 2.16. The minimum atomic E-state index is -0.114. The Kier molecular flexibility index (Phi) is 6.65. The summed E-state index contributed by atoms with van der Waals surface area (Å²) in [6.07, 6.45) is 1.82. The number of hydrogen-bond acceptors (Lipinski definition) is 2. The fourth-order valence-electron chi connectivity index (χ4n) is 2.69. The summed E-state index contributed by atoms with van der Waals surface area (Å²) in [4.78, 5) is 0. The lowest BCUT2D eigenvalue weighted by Crippen LogP contribution is -2.23. The first-order valence-electron chi connectivity index (χ1n) is 8.09. The molecule has 0 aliphatic rings. The van der Waals surface area contributed by atoms with Crippen LogP contribution in [-0.2, 0) is 0 Å². The minimum absolute atomic E-state index is 0.114. The molecule has 2 rings (SSSR count). The van der Waals surface area contributed by atoms with E-state index in [0.717, 1.165) is 36.1 Å². The smallest absolute Gasteiger partial charge is 0.0719 e. The largest absolute Gasteiger partial charge is 0.315 e. The number of hydrogen-bond donors (Lipinski definition) is 1. The molecular weight excluding hydrogens is 304 g/mol. The van der Waals surface area contributed by atoms with Crippen LogP contribution in [0.2, 0.25) is 5.02 Å². The third-order valence-electron chi connectivity index (χ3n) is 3.85. The van der Waals surface area contributed by atoms with Crippen molar-refractivity contribution in [3.05, 3.63) is 59.1 Å². The first kappa shape index (κ1) is 17.5. The Labute approximate surface area is 144 Å². The van der Waals surface area contributed by atoms with Gasteiger partial charge in [-0.25, -0.2) is 0 Å². The van der Waals surface area contributed by atoms with E-state index in [1.807, 2.05) is 36.4 Å². The summed E-state index contributed by atoms with van der Waals surface area (Å²) in [5.74, 6) is -0.114. The van der Waals surface area contributed by atoms with E-state index in [1.165, 1.54) is 0 Å². The van der Waals surface area contributed by atoms with Gasteiger partial charge in [-0.05, 0) is 48.2 Å². The standard InChI is InChI=1S/C20H23ClN2/c1-15(2)23-12-6-9-17(14-22)19-11-10-18(21)13-20(19)16-7-4-3-5-8-16/h3-5,7-8,10-11,13,15,17,23H,6,9,12H2,1-2H3. The van der Waals surface area contributed by atoms with Crippen molar-refractivity contribution in [2.24, 2.45) is 0 Å². The van der Waals surface area contributed by atoms with Gasteiger partial charge in [0.05, 0.1) is 12.0 Å². The first-order valence-corrected chi connectivity index (χ1v) is 8.47. The van der Waals surface area contributed by atoms with E-state index in [0.29, 0.717) is 11.1 Å². The van der Waals surface area contributed by atoms with E-state index >= 15 is 0 Å². The van der Waals surface area contributed by atoms with Crippen molar-refractivity contribution in [2.75, 3.05) is 6.54 Å². The Morgan fingerprint density at radius 2 is 1.87 bits per heavy atom. The van der Waals surface area contributed by atoms with Crippen molar-refractivity contribution in [3.8, 4) is 17.2 Å². The lowest BCUT2D eigenvalue weighted by Gasteiger charge is -2.16. The average molecular weight is 327 g/mol. The van der Waals surface area contributed by atoms with Gasteiger partial charge in [0.15, 0.2) is 0 Å². The van der Waals surface area contributed by atoms with Gasteiger partial charge >= 0.3 is 0 Å². The molecule has 0 aliphatic heterocycles. The molecule has 0 aliphatic carbocycles. The zero-order valence-corrected chi connectivity index (χ0v) is 14.5. The van der Waals surface area contributed by atoms with Crippen molar-refractivity contribution in [2.45, 2.75) is 38.6 Å². The maximum Gasteiger partial charge on any atom is 0.0719 e. The predicted molar refractivity (Wildman–Crippen MR) is 97.6 cm³/mol. The van der Waals surface area contributed by atoms with Crippen LogP contribution in [0.5, 0.6) is 0 Å². The monoisotopic (exact) mass is 326 g/mol. The summed E-state index contributed by atoms with van der Waals surface area (Å²) < 4.78 is 0. The van der Waals surface area contributed by atoms with Gasteiger partial charge in [-0.15, -0.1) is 0 Å². The Morgan fingerprint density at radius 3 is 2.52 bits per heavy atom. The van der Waals surface area contributed by atoms with Crippen LogP contribution in [-0.4, -0.2) is 12.6 Å². The summed E-state index contributed by atoms with van der Waals surface area (Å²) in [5, 5.41) is 13.7. The summed E-state index contributed by atoms with van der Waals surface area (Å²) in [7, 11) is 0.